The highest BCUT2D eigenvalue weighted by atomic mass is 16.3. The van der Waals surface area contributed by atoms with Crippen molar-refractivity contribution in [2.45, 2.75) is 78.2 Å². The summed E-state index contributed by atoms with van der Waals surface area (Å²) < 4.78 is 0. The van der Waals surface area contributed by atoms with Gasteiger partial charge in [-0.05, 0) is 91.8 Å². The normalized spacial score (nSPS) is 57.7. The Bertz CT molecular complexity index is 518. The van der Waals surface area contributed by atoms with Crippen LogP contribution in [0.25, 0.3) is 0 Å². The third kappa shape index (κ3) is 2.08. The second-order valence-electron chi connectivity index (χ2n) is 9.72. The first-order valence-electron chi connectivity index (χ1n) is 9.85. The number of fused-ring (bicyclic) bond motifs is 5. The van der Waals surface area contributed by atoms with Crippen LogP contribution in [0.1, 0.15) is 72.1 Å². The zero-order chi connectivity index (χ0) is 16.4. The van der Waals surface area contributed by atoms with Gasteiger partial charge in [0.05, 0.1) is 6.10 Å². The molecule has 0 aromatic rings. The molecule has 0 heterocycles. The summed E-state index contributed by atoms with van der Waals surface area (Å²) in [5, 5.41) is 14.7. The Morgan fingerprint density at radius 3 is 2.52 bits per heavy atom. The molecule has 0 aliphatic heterocycles. The van der Waals surface area contributed by atoms with E-state index in [0.29, 0.717) is 11.3 Å². The largest absolute Gasteiger partial charge is 0.393 e. The first-order chi connectivity index (χ1) is 10.9. The molecule has 3 heteroatoms. The van der Waals surface area contributed by atoms with Crippen LogP contribution >= 0.6 is 0 Å². The van der Waals surface area contributed by atoms with Gasteiger partial charge in [0.25, 0.3) is 0 Å². The van der Waals surface area contributed by atoms with Crippen LogP contribution in [0, 0.1) is 40.4 Å². The minimum absolute atomic E-state index is 0.0553. The molecular formula is C20H34N2O. The lowest BCUT2D eigenvalue weighted by Gasteiger charge is -2.61. The van der Waals surface area contributed by atoms with Crippen molar-refractivity contribution in [3.63, 3.8) is 0 Å². The van der Waals surface area contributed by atoms with Gasteiger partial charge in [-0.2, -0.15) is 5.10 Å². The first kappa shape index (κ1) is 15.9. The van der Waals surface area contributed by atoms with Crippen molar-refractivity contribution >= 4 is 5.71 Å². The van der Waals surface area contributed by atoms with E-state index in [0.717, 1.165) is 36.5 Å². The number of rotatable bonds is 0. The van der Waals surface area contributed by atoms with Gasteiger partial charge in [-0.15, -0.1) is 0 Å². The lowest BCUT2D eigenvalue weighted by molar-refractivity contribution is -0.116. The molecule has 0 spiro atoms. The van der Waals surface area contributed by atoms with E-state index in [4.69, 9.17) is 5.84 Å². The van der Waals surface area contributed by atoms with Gasteiger partial charge in [-0.3, -0.25) is 0 Å². The van der Waals surface area contributed by atoms with Gasteiger partial charge in [0.1, 0.15) is 0 Å². The average molecular weight is 319 g/mol. The van der Waals surface area contributed by atoms with E-state index in [1.165, 1.54) is 44.2 Å². The molecule has 8 atom stereocenters. The highest BCUT2D eigenvalue weighted by Gasteiger charge is 2.60. The van der Waals surface area contributed by atoms with E-state index in [9.17, 15) is 5.11 Å². The topological polar surface area (TPSA) is 58.6 Å². The monoisotopic (exact) mass is 318 g/mol. The van der Waals surface area contributed by atoms with E-state index < -0.39 is 0 Å². The van der Waals surface area contributed by atoms with Crippen LogP contribution in [-0.4, -0.2) is 16.9 Å². The number of nitrogens with zero attached hydrogens (tertiary/aromatic N) is 1. The van der Waals surface area contributed by atoms with E-state index in [2.05, 4.69) is 25.9 Å². The molecule has 0 amide bonds. The zero-order valence-corrected chi connectivity index (χ0v) is 15.1. The SMILES string of the molecule is C[C@H]1C[C@]2(C)[C@@H](CC[C@H]3[C@H]4CC[C@H](O)[C@]4(C)CC[C@@H]32)C/C1=N/N. The van der Waals surface area contributed by atoms with Crippen LogP contribution in [0.2, 0.25) is 0 Å². The maximum atomic E-state index is 10.5. The lowest BCUT2D eigenvalue weighted by atomic mass is 9.44. The van der Waals surface area contributed by atoms with E-state index in [-0.39, 0.29) is 11.5 Å². The number of hydrogen-bond acceptors (Lipinski definition) is 3. The number of aliphatic hydroxyl groups excluding tert-OH is 1. The fourth-order valence-corrected chi connectivity index (χ4v) is 7.57. The molecule has 4 aliphatic rings. The molecule has 3 N–H and O–H groups in total. The van der Waals surface area contributed by atoms with Crippen LogP contribution < -0.4 is 5.84 Å². The summed E-state index contributed by atoms with van der Waals surface area (Å²) in [4.78, 5) is 0. The van der Waals surface area contributed by atoms with Gasteiger partial charge in [0.2, 0.25) is 0 Å². The van der Waals surface area contributed by atoms with Crippen molar-refractivity contribution in [1.82, 2.24) is 0 Å². The van der Waals surface area contributed by atoms with Crippen LogP contribution in [0.5, 0.6) is 0 Å². The summed E-state index contributed by atoms with van der Waals surface area (Å²) in [6.45, 7) is 7.28. The fraction of sp³-hybridized carbons (Fsp3) is 0.950. The molecule has 4 aliphatic carbocycles. The quantitative estimate of drug-likeness (QED) is 0.525. The highest BCUT2D eigenvalue weighted by Crippen LogP contribution is 2.66. The molecule has 4 fully saturated rings. The number of hydrazone groups is 1. The molecule has 3 nitrogen and oxygen atoms in total. The maximum Gasteiger partial charge on any atom is 0.0596 e. The predicted octanol–water partition coefficient (Wildman–Crippen LogP) is 3.95. The van der Waals surface area contributed by atoms with E-state index >= 15 is 0 Å². The Kier molecular flexibility index (Phi) is 3.61. The summed E-state index contributed by atoms with van der Waals surface area (Å²) >= 11 is 0. The van der Waals surface area contributed by atoms with Crippen molar-refractivity contribution in [3.05, 3.63) is 0 Å². The smallest absolute Gasteiger partial charge is 0.0596 e. The summed E-state index contributed by atoms with van der Waals surface area (Å²) in [6, 6.07) is 0. The van der Waals surface area contributed by atoms with Gasteiger partial charge in [-0.1, -0.05) is 20.8 Å². The molecule has 0 unspecified atom stereocenters. The molecule has 4 rings (SSSR count). The summed E-state index contributed by atoms with van der Waals surface area (Å²) in [5.41, 5.74) is 1.92. The predicted molar refractivity (Wildman–Crippen MR) is 93.9 cm³/mol. The van der Waals surface area contributed by atoms with Gasteiger partial charge < -0.3 is 10.9 Å². The molecule has 0 radical (unpaired) electrons. The average Bonchev–Trinajstić information content (AvgIpc) is 2.82. The van der Waals surface area contributed by atoms with Gasteiger partial charge in [-0.25, -0.2) is 0 Å². The van der Waals surface area contributed by atoms with Gasteiger partial charge >= 0.3 is 0 Å². The van der Waals surface area contributed by atoms with Gasteiger partial charge in [0, 0.05) is 5.71 Å². The summed E-state index contributed by atoms with van der Waals surface area (Å²) in [6.07, 6.45) is 9.88. The van der Waals surface area contributed by atoms with Crippen LogP contribution in [0.15, 0.2) is 5.10 Å². The van der Waals surface area contributed by atoms with Crippen molar-refractivity contribution in [2.75, 3.05) is 0 Å². The minimum atomic E-state index is -0.0553. The standard InChI is InChI=1S/C20H34N2O/c1-12-11-20(3)13(10-17(12)22-21)4-5-14-15-6-7-18(23)19(15,2)9-8-16(14)20/h12-16,18,23H,4-11,21H2,1-3H3/b22-17-/t12-,13-,14-,15+,16-,18-,19+,20+/m0/s1. The number of hydrogen-bond donors (Lipinski definition) is 2. The van der Waals surface area contributed by atoms with E-state index in [1.54, 1.807) is 0 Å². The molecule has 4 saturated carbocycles. The third-order valence-electron chi connectivity index (χ3n) is 8.95. The van der Waals surface area contributed by atoms with E-state index in [1.807, 2.05) is 0 Å². The lowest BCUT2D eigenvalue weighted by Crippen LogP contribution is -2.55. The molecule has 0 aromatic carbocycles. The molecule has 23 heavy (non-hydrogen) atoms. The van der Waals surface area contributed by atoms with Crippen molar-refractivity contribution in [3.8, 4) is 0 Å². The highest BCUT2D eigenvalue weighted by molar-refractivity contribution is 5.87. The Morgan fingerprint density at radius 2 is 1.78 bits per heavy atom. The van der Waals surface area contributed by atoms with Crippen LogP contribution in [0.3, 0.4) is 0 Å². The first-order valence-corrected chi connectivity index (χ1v) is 9.85. The Balaban J connectivity index is 1.63. The number of aliphatic hydroxyl groups is 1. The molecule has 130 valence electrons. The maximum absolute atomic E-state index is 10.5. The third-order valence-corrected chi connectivity index (χ3v) is 8.95. The summed E-state index contributed by atoms with van der Waals surface area (Å²) in [5.74, 6) is 9.43. The summed E-state index contributed by atoms with van der Waals surface area (Å²) in [7, 11) is 0. The zero-order valence-electron chi connectivity index (χ0n) is 15.1. The molecule has 0 bridgehead atoms. The van der Waals surface area contributed by atoms with Crippen LogP contribution in [0.4, 0.5) is 0 Å². The minimum Gasteiger partial charge on any atom is -0.393 e. The molecule has 0 saturated heterocycles. The Morgan fingerprint density at radius 1 is 1.04 bits per heavy atom. The van der Waals surface area contributed by atoms with Crippen molar-refractivity contribution in [1.29, 1.82) is 0 Å². The van der Waals surface area contributed by atoms with Crippen molar-refractivity contribution in [2.24, 2.45) is 51.4 Å². The van der Waals surface area contributed by atoms with Crippen molar-refractivity contribution < 1.29 is 5.11 Å². The van der Waals surface area contributed by atoms with Gasteiger partial charge in [0.15, 0.2) is 0 Å². The Labute approximate surface area is 141 Å². The molecular weight excluding hydrogens is 284 g/mol. The fourth-order valence-electron chi connectivity index (χ4n) is 7.57. The van der Waals surface area contributed by atoms with Crippen LogP contribution in [-0.2, 0) is 0 Å². The second-order valence-corrected chi connectivity index (χ2v) is 9.72. The molecule has 0 aromatic heterocycles. The number of nitrogens with two attached hydrogens (primary N) is 1. The second kappa shape index (κ2) is 5.21. The Hall–Kier alpha value is -0.570.